The number of carbonyl (C=O) groups is 1. The van der Waals surface area contributed by atoms with Gasteiger partial charge in [-0.3, -0.25) is 4.79 Å². The first kappa shape index (κ1) is 20.2. The number of fused-ring (bicyclic) bond motifs is 1. The Bertz CT molecular complexity index is 974. The van der Waals surface area contributed by atoms with Gasteiger partial charge >= 0.3 is 0 Å². The number of hydrogen-bond donors (Lipinski definition) is 1. The molecule has 3 rings (SSSR count). The molecule has 1 aliphatic heterocycles. The lowest BCUT2D eigenvalue weighted by Gasteiger charge is -2.34. The SMILES string of the molecule is CCS(=O)(=O)N1Cc2ccccc2C[C@H]1C(=O)Nc1ccc(OC)cc1OC. The Morgan fingerprint density at radius 2 is 1.86 bits per heavy atom. The van der Waals surface area contributed by atoms with Crippen molar-refractivity contribution in [3.8, 4) is 11.5 Å². The molecule has 0 unspecified atom stereocenters. The molecule has 1 aliphatic rings. The number of amides is 1. The Morgan fingerprint density at radius 3 is 2.50 bits per heavy atom. The van der Waals surface area contributed by atoms with Crippen molar-refractivity contribution in [1.82, 2.24) is 4.31 Å². The summed E-state index contributed by atoms with van der Waals surface area (Å²) >= 11 is 0. The Hall–Kier alpha value is -2.58. The van der Waals surface area contributed by atoms with Crippen LogP contribution < -0.4 is 14.8 Å². The number of anilines is 1. The molecule has 0 bridgehead atoms. The zero-order chi connectivity index (χ0) is 20.3. The summed E-state index contributed by atoms with van der Waals surface area (Å²) in [6.45, 7) is 1.77. The van der Waals surface area contributed by atoms with E-state index in [2.05, 4.69) is 5.32 Å². The lowest BCUT2D eigenvalue weighted by Crippen LogP contribution is -2.51. The molecule has 7 nitrogen and oxygen atoms in total. The maximum atomic E-state index is 13.1. The van der Waals surface area contributed by atoms with Gasteiger partial charge in [-0.05, 0) is 36.6 Å². The number of ether oxygens (including phenoxy) is 2. The molecule has 2 aromatic carbocycles. The van der Waals surface area contributed by atoms with Crippen molar-refractivity contribution in [2.75, 3.05) is 25.3 Å². The van der Waals surface area contributed by atoms with Crippen LogP contribution in [-0.2, 0) is 27.8 Å². The summed E-state index contributed by atoms with van der Waals surface area (Å²) < 4.78 is 37.1. The van der Waals surface area contributed by atoms with E-state index < -0.39 is 22.0 Å². The summed E-state index contributed by atoms with van der Waals surface area (Å²) in [6, 6.07) is 11.8. The molecule has 0 aliphatic carbocycles. The predicted octanol–water partition coefficient (Wildman–Crippen LogP) is 2.42. The lowest BCUT2D eigenvalue weighted by molar-refractivity contribution is -0.120. The van der Waals surface area contributed by atoms with E-state index in [0.717, 1.165) is 11.1 Å². The predicted molar refractivity (Wildman–Crippen MR) is 107 cm³/mol. The van der Waals surface area contributed by atoms with Crippen LogP contribution in [0, 0.1) is 0 Å². The molecule has 0 radical (unpaired) electrons. The van der Waals surface area contributed by atoms with E-state index in [1.165, 1.54) is 11.4 Å². The number of benzene rings is 2. The number of nitrogens with one attached hydrogen (secondary N) is 1. The zero-order valence-corrected chi connectivity index (χ0v) is 17.0. The van der Waals surface area contributed by atoms with Crippen LogP contribution in [0.25, 0.3) is 0 Å². The van der Waals surface area contributed by atoms with Crippen molar-refractivity contribution in [3.63, 3.8) is 0 Å². The summed E-state index contributed by atoms with van der Waals surface area (Å²) in [6.07, 6.45) is 0.319. The van der Waals surface area contributed by atoms with Gasteiger partial charge in [0, 0.05) is 12.6 Å². The van der Waals surface area contributed by atoms with E-state index in [1.54, 1.807) is 32.2 Å². The molecule has 8 heteroatoms. The van der Waals surface area contributed by atoms with E-state index in [0.29, 0.717) is 23.6 Å². The van der Waals surface area contributed by atoms with Gasteiger partial charge in [0.25, 0.3) is 0 Å². The van der Waals surface area contributed by atoms with Gasteiger partial charge in [0.05, 0.1) is 25.7 Å². The third-order valence-electron chi connectivity index (χ3n) is 4.90. The molecular formula is C20H24N2O5S. The van der Waals surface area contributed by atoms with Gasteiger partial charge < -0.3 is 14.8 Å². The van der Waals surface area contributed by atoms with Crippen LogP contribution >= 0.6 is 0 Å². The first-order valence-electron chi connectivity index (χ1n) is 8.98. The first-order chi connectivity index (χ1) is 13.4. The highest BCUT2D eigenvalue weighted by Crippen LogP contribution is 2.31. The quantitative estimate of drug-likeness (QED) is 0.799. The second kappa shape index (κ2) is 8.20. The molecule has 0 saturated heterocycles. The van der Waals surface area contributed by atoms with Gasteiger partial charge in [-0.1, -0.05) is 24.3 Å². The second-order valence-corrected chi connectivity index (χ2v) is 8.70. The minimum absolute atomic E-state index is 0.0647. The van der Waals surface area contributed by atoms with Gasteiger partial charge in [-0.2, -0.15) is 4.31 Å². The van der Waals surface area contributed by atoms with E-state index >= 15 is 0 Å². The van der Waals surface area contributed by atoms with E-state index in [-0.39, 0.29) is 12.3 Å². The average molecular weight is 404 g/mol. The largest absolute Gasteiger partial charge is 0.497 e. The van der Waals surface area contributed by atoms with Gasteiger partial charge in [0.2, 0.25) is 15.9 Å². The fourth-order valence-corrected chi connectivity index (χ4v) is 4.52. The number of nitrogens with zero attached hydrogens (tertiary/aromatic N) is 1. The highest BCUT2D eigenvalue weighted by Gasteiger charge is 2.38. The summed E-state index contributed by atoms with van der Waals surface area (Å²) in [7, 11) is -0.519. The fourth-order valence-electron chi connectivity index (χ4n) is 3.30. The summed E-state index contributed by atoms with van der Waals surface area (Å²) in [5.74, 6) is 0.575. The maximum absolute atomic E-state index is 13.1. The third-order valence-corrected chi connectivity index (χ3v) is 6.72. The molecule has 0 saturated carbocycles. The number of methoxy groups -OCH3 is 2. The van der Waals surface area contributed by atoms with Crippen molar-refractivity contribution in [3.05, 3.63) is 53.6 Å². The Labute approximate surface area is 165 Å². The smallest absolute Gasteiger partial charge is 0.243 e. The third kappa shape index (κ3) is 3.98. The van der Waals surface area contributed by atoms with Crippen LogP contribution in [0.2, 0.25) is 0 Å². The maximum Gasteiger partial charge on any atom is 0.243 e. The highest BCUT2D eigenvalue weighted by molar-refractivity contribution is 7.89. The normalized spacial score (nSPS) is 16.9. The van der Waals surface area contributed by atoms with Crippen LogP contribution in [0.5, 0.6) is 11.5 Å². The molecule has 0 spiro atoms. The van der Waals surface area contributed by atoms with Crippen molar-refractivity contribution >= 4 is 21.6 Å². The van der Waals surface area contributed by atoms with Crippen molar-refractivity contribution < 1.29 is 22.7 Å². The second-order valence-electron chi connectivity index (χ2n) is 6.49. The molecule has 2 aromatic rings. The van der Waals surface area contributed by atoms with Crippen LogP contribution in [0.4, 0.5) is 5.69 Å². The molecule has 28 heavy (non-hydrogen) atoms. The van der Waals surface area contributed by atoms with Gasteiger partial charge in [0.1, 0.15) is 17.5 Å². The van der Waals surface area contributed by atoms with Crippen LogP contribution in [0.3, 0.4) is 0 Å². The van der Waals surface area contributed by atoms with Gasteiger partial charge in [0.15, 0.2) is 0 Å². The summed E-state index contributed by atoms with van der Waals surface area (Å²) in [5, 5.41) is 2.81. The molecule has 0 fully saturated rings. The topological polar surface area (TPSA) is 84.9 Å². The van der Waals surface area contributed by atoms with Crippen molar-refractivity contribution in [1.29, 1.82) is 0 Å². The molecule has 1 amide bonds. The van der Waals surface area contributed by atoms with E-state index in [9.17, 15) is 13.2 Å². The first-order valence-corrected chi connectivity index (χ1v) is 10.6. The minimum Gasteiger partial charge on any atom is -0.497 e. The Morgan fingerprint density at radius 1 is 1.14 bits per heavy atom. The van der Waals surface area contributed by atoms with Crippen molar-refractivity contribution in [2.45, 2.75) is 25.9 Å². The molecule has 1 atom stereocenters. The van der Waals surface area contributed by atoms with Crippen LogP contribution in [0.15, 0.2) is 42.5 Å². The lowest BCUT2D eigenvalue weighted by atomic mass is 9.95. The van der Waals surface area contributed by atoms with Gasteiger partial charge in [-0.15, -0.1) is 0 Å². The Kier molecular flexibility index (Phi) is 5.90. The van der Waals surface area contributed by atoms with Gasteiger partial charge in [-0.25, -0.2) is 8.42 Å². The number of sulfonamides is 1. The van der Waals surface area contributed by atoms with Crippen molar-refractivity contribution in [2.24, 2.45) is 0 Å². The average Bonchev–Trinajstić information content (AvgIpc) is 2.72. The standard InChI is InChI=1S/C20H24N2O5S/c1-4-28(24,25)22-13-15-8-6-5-7-14(15)11-18(22)20(23)21-17-10-9-16(26-2)12-19(17)27-3/h5-10,12,18H,4,11,13H2,1-3H3,(H,21,23)/t18-/m0/s1. The van der Waals surface area contributed by atoms with E-state index in [4.69, 9.17) is 9.47 Å². The summed E-state index contributed by atoms with van der Waals surface area (Å²) in [5.41, 5.74) is 2.36. The number of carbonyl (C=O) groups excluding carboxylic acids is 1. The summed E-state index contributed by atoms with van der Waals surface area (Å²) in [4.78, 5) is 13.1. The zero-order valence-electron chi connectivity index (χ0n) is 16.1. The number of hydrogen-bond acceptors (Lipinski definition) is 5. The molecule has 0 aromatic heterocycles. The Balaban J connectivity index is 1.92. The highest BCUT2D eigenvalue weighted by atomic mass is 32.2. The van der Waals surface area contributed by atoms with Crippen LogP contribution in [-0.4, -0.2) is 44.6 Å². The monoisotopic (exact) mass is 404 g/mol. The fraction of sp³-hybridized carbons (Fsp3) is 0.350. The molecule has 150 valence electrons. The molecule has 1 heterocycles. The minimum atomic E-state index is -3.56. The molecular weight excluding hydrogens is 380 g/mol. The van der Waals surface area contributed by atoms with E-state index in [1.807, 2.05) is 24.3 Å². The van der Waals surface area contributed by atoms with Crippen LogP contribution in [0.1, 0.15) is 18.1 Å². The number of rotatable bonds is 6. The molecule has 1 N–H and O–H groups in total.